The summed E-state index contributed by atoms with van der Waals surface area (Å²) in [5.74, 6) is -1.80. The molecule has 0 aliphatic heterocycles. The predicted octanol–water partition coefficient (Wildman–Crippen LogP) is 1.77. The van der Waals surface area contributed by atoms with E-state index < -0.39 is 11.7 Å². The molecule has 0 aromatic heterocycles. The van der Waals surface area contributed by atoms with Crippen LogP contribution in [0.25, 0.3) is 0 Å². The molecule has 1 aromatic carbocycles. The Morgan fingerprint density at radius 3 is 2.54 bits per heavy atom. The van der Waals surface area contributed by atoms with Crippen molar-refractivity contribution in [3.8, 4) is 0 Å². The molecule has 1 rings (SSSR count). The highest BCUT2D eigenvalue weighted by Crippen LogP contribution is 2.21. The lowest BCUT2D eigenvalue weighted by Crippen LogP contribution is -2.23. The topological polar surface area (TPSA) is 60.2 Å². The van der Waals surface area contributed by atoms with Crippen LogP contribution < -0.4 is 5.73 Å². The molecule has 3 nitrogen and oxygen atoms in total. The van der Waals surface area contributed by atoms with E-state index in [-0.39, 0.29) is 10.6 Å². The number of hydrogen-bond donors (Lipinski definition) is 1. The fraction of sp³-hybridized carbons (Fsp3) is 0. The van der Waals surface area contributed by atoms with E-state index in [1.54, 1.807) is 6.07 Å². The van der Waals surface area contributed by atoms with Crippen LogP contribution in [0.2, 0.25) is 5.02 Å². The second-order valence-corrected chi connectivity index (χ2v) is 3.64. The number of carbonyl (C=O) groups excluding carboxylic acids is 2. The molecule has 0 aliphatic rings. The molecule has 1 amide bonds. The summed E-state index contributed by atoms with van der Waals surface area (Å²) in [6.45, 7) is 0. The van der Waals surface area contributed by atoms with Crippen molar-refractivity contribution in [1.82, 2.24) is 0 Å². The van der Waals surface area contributed by atoms with Crippen LogP contribution in [0, 0.1) is 0 Å². The van der Waals surface area contributed by atoms with Gasteiger partial charge in [-0.2, -0.15) is 0 Å². The molecule has 0 atom stereocenters. The van der Waals surface area contributed by atoms with Crippen molar-refractivity contribution in [2.24, 2.45) is 5.73 Å². The number of amides is 1. The molecule has 0 heterocycles. The van der Waals surface area contributed by atoms with Crippen LogP contribution in [0.5, 0.6) is 0 Å². The number of ketones is 1. The highest BCUT2D eigenvalue weighted by Gasteiger charge is 2.15. The van der Waals surface area contributed by atoms with E-state index in [2.05, 4.69) is 15.9 Å². The van der Waals surface area contributed by atoms with Crippen LogP contribution in [0.15, 0.2) is 22.7 Å². The van der Waals surface area contributed by atoms with Crippen LogP contribution in [0.4, 0.5) is 0 Å². The van der Waals surface area contributed by atoms with E-state index in [1.807, 2.05) is 0 Å². The molecular weight excluding hydrogens is 257 g/mol. The van der Waals surface area contributed by atoms with Crippen LogP contribution in [0.3, 0.4) is 0 Å². The summed E-state index contributed by atoms with van der Waals surface area (Å²) >= 11 is 8.84. The van der Waals surface area contributed by atoms with Crippen LogP contribution in [0.1, 0.15) is 10.4 Å². The van der Waals surface area contributed by atoms with Crippen LogP contribution in [-0.4, -0.2) is 11.7 Å². The number of rotatable bonds is 2. The van der Waals surface area contributed by atoms with Gasteiger partial charge in [0.15, 0.2) is 0 Å². The van der Waals surface area contributed by atoms with Gasteiger partial charge < -0.3 is 5.73 Å². The molecule has 0 unspecified atom stereocenters. The molecule has 0 aliphatic carbocycles. The van der Waals surface area contributed by atoms with Crippen LogP contribution in [-0.2, 0) is 4.79 Å². The van der Waals surface area contributed by atoms with Crippen molar-refractivity contribution in [3.05, 3.63) is 33.3 Å². The molecule has 68 valence electrons. The maximum Gasteiger partial charge on any atom is 0.289 e. The minimum atomic E-state index is -1.01. The van der Waals surface area contributed by atoms with Gasteiger partial charge in [-0.15, -0.1) is 0 Å². The number of halogens is 2. The minimum absolute atomic E-state index is 0.114. The fourth-order valence-corrected chi connectivity index (χ4v) is 1.37. The average Bonchev–Trinajstić information content (AvgIpc) is 2.08. The van der Waals surface area contributed by atoms with Gasteiger partial charge in [-0.3, -0.25) is 9.59 Å². The number of hydrogen-bond acceptors (Lipinski definition) is 2. The van der Waals surface area contributed by atoms with E-state index in [1.165, 1.54) is 12.1 Å². The first-order valence-corrected chi connectivity index (χ1v) is 4.48. The SMILES string of the molecule is NC(=O)C(=O)c1cc(Br)ccc1Cl. The summed E-state index contributed by atoms with van der Waals surface area (Å²) in [7, 11) is 0. The molecule has 13 heavy (non-hydrogen) atoms. The van der Waals surface area contributed by atoms with E-state index in [0.717, 1.165) is 0 Å². The molecule has 0 radical (unpaired) electrons. The van der Waals surface area contributed by atoms with Gasteiger partial charge in [-0.25, -0.2) is 0 Å². The van der Waals surface area contributed by atoms with Crippen LogP contribution >= 0.6 is 27.5 Å². The summed E-state index contributed by atoms with van der Waals surface area (Å²) in [6, 6.07) is 4.64. The summed E-state index contributed by atoms with van der Waals surface area (Å²) in [6.07, 6.45) is 0. The van der Waals surface area contributed by atoms with E-state index in [0.29, 0.717) is 4.47 Å². The van der Waals surface area contributed by atoms with E-state index in [9.17, 15) is 9.59 Å². The Kier molecular flexibility index (Phi) is 3.06. The lowest BCUT2D eigenvalue weighted by Gasteiger charge is -2.00. The Balaban J connectivity index is 3.21. The quantitative estimate of drug-likeness (QED) is 0.652. The van der Waals surface area contributed by atoms with Crippen molar-refractivity contribution in [2.75, 3.05) is 0 Å². The summed E-state index contributed by atoms with van der Waals surface area (Å²) < 4.78 is 0.668. The number of Topliss-reactive ketones (excluding diaryl/α,β-unsaturated/α-hetero) is 1. The predicted molar refractivity (Wildman–Crippen MR) is 52.7 cm³/mol. The number of primary amides is 1. The standard InChI is InChI=1S/C8H5BrClNO2/c9-4-1-2-6(10)5(3-4)7(12)8(11)13/h1-3H,(H2,11,13). The van der Waals surface area contributed by atoms with Gasteiger partial charge in [0.25, 0.3) is 11.7 Å². The Hall–Kier alpha value is -0.870. The Morgan fingerprint density at radius 1 is 1.38 bits per heavy atom. The Labute approximate surface area is 88.0 Å². The maximum atomic E-state index is 11.1. The van der Waals surface area contributed by atoms with Gasteiger partial charge in [0, 0.05) is 10.0 Å². The van der Waals surface area contributed by atoms with Gasteiger partial charge in [-0.1, -0.05) is 27.5 Å². The Bertz CT molecular complexity index is 378. The molecule has 0 saturated carbocycles. The second-order valence-electron chi connectivity index (χ2n) is 2.32. The monoisotopic (exact) mass is 261 g/mol. The normalized spacial score (nSPS) is 9.69. The highest BCUT2D eigenvalue weighted by molar-refractivity contribution is 9.10. The zero-order chi connectivity index (χ0) is 10.0. The molecule has 0 fully saturated rings. The number of carbonyl (C=O) groups is 2. The zero-order valence-electron chi connectivity index (χ0n) is 6.38. The van der Waals surface area contributed by atoms with Gasteiger partial charge in [0.05, 0.1) is 5.02 Å². The summed E-state index contributed by atoms with van der Waals surface area (Å²) in [5.41, 5.74) is 4.94. The molecular formula is C8H5BrClNO2. The van der Waals surface area contributed by atoms with Crippen molar-refractivity contribution in [1.29, 1.82) is 0 Å². The first kappa shape index (κ1) is 10.2. The third-order valence-electron chi connectivity index (χ3n) is 1.40. The van der Waals surface area contributed by atoms with Gasteiger partial charge in [-0.05, 0) is 18.2 Å². The lowest BCUT2D eigenvalue weighted by atomic mass is 10.1. The molecule has 2 N–H and O–H groups in total. The molecule has 1 aromatic rings. The summed E-state index contributed by atoms with van der Waals surface area (Å²) in [5, 5.41) is 0.215. The lowest BCUT2D eigenvalue weighted by molar-refractivity contribution is -0.114. The first-order valence-electron chi connectivity index (χ1n) is 3.31. The third kappa shape index (κ3) is 2.29. The average molecular weight is 262 g/mol. The largest absolute Gasteiger partial charge is 0.363 e. The van der Waals surface area contributed by atoms with Gasteiger partial charge in [0.2, 0.25) is 0 Å². The molecule has 0 spiro atoms. The number of nitrogens with two attached hydrogens (primary N) is 1. The molecule has 0 saturated heterocycles. The molecule has 5 heteroatoms. The second kappa shape index (κ2) is 3.89. The summed E-state index contributed by atoms with van der Waals surface area (Å²) in [4.78, 5) is 21.7. The smallest absolute Gasteiger partial charge is 0.289 e. The van der Waals surface area contributed by atoms with Crippen molar-refractivity contribution < 1.29 is 9.59 Å². The molecule has 0 bridgehead atoms. The fourth-order valence-electron chi connectivity index (χ4n) is 0.804. The maximum absolute atomic E-state index is 11.1. The zero-order valence-corrected chi connectivity index (χ0v) is 8.72. The van der Waals surface area contributed by atoms with Gasteiger partial charge >= 0.3 is 0 Å². The third-order valence-corrected chi connectivity index (χ3v) is 2.22. The van der Waals surface area contributed by atoms with E-state index >= 15 is 0 Å². The first-order chi connectivity index (χ1) is 6.02. The minimum Gasteiger partial charge on any atom is -0.363 e. The number of benzene rings is 1. The van der Waals surface area contributed by atoms with Crippen molar-refractivity contribution in [3.63, 3.8) is 0 Å². The van der Waals surface area contributed by atoms with E-state index in [4.69, 9.17) is 17.3 Å². The van der Waals surface area contributed by atoms with Gasteiger partial charge in [0.1, 0.15) is 0 Å². The Morgan fingerprint density at radius 2 is 2.00 bits per heavy atom. The van der Waals surface area contributed by atoms with Crippen molar-refractivity contribution in [2.45, 2.75) is 0 Å². The van der Waals surface area contributed by atoms with Crippen molar-refractivity contribution >= 4 is 39.2 Å². The highest BCUT2D eigenvalue weighted by atomic mass is 79.9.